The molecule has 2 saturated heterocycles. The maximum atomic E-state index is 14.4. The van der Waals surface area contributed by atoms with Crippen molar-refractivity contribution < 1.29 is 32.3 Å². The molecule has 0 aliphatic carbocycles. The third-order valence-electron chi connectivity index (χ3n) is 8.95. The first-order valence-electron chi connectivity index (χ1n) is 16.0. The molecule has 0 saturated carbocycles. The van der Waals surface area contributed by atoms with Gasteiger partial charge in [-0.2, -0.15) is 15.1 Å². The molecule has 2 aromatic heterocycles. The van der Waals surface area contributed by atoms with E-state index in [4.69, 9.17) is 29.0 Å². The Morgan fingerprint density at radius 3 is 2.60 bits per heavy atom. The number of nitrogens with zero attached hydrogens (tertiary/aromatic N) is 7. The van der Waals surface area contributed by atoms with Crippen LogP contribution in [0.5, 0.6) is 6.01 Å². The van der Waals surface area contributed by atoms with Gasteiger partial charge in [0, 0.05) is 57.0 Å². The van der Waals surface area contributed by atoms with E-state index in [9.17, 15) is 18.5 Å². The van der Waals surface area contributed by atoms with Gasteiger partial charge in [-0.1, -0.05) is 12.1 Å². The molecule has 7 rings (SSSR count). The minimum atomic E-state index is -4.43. The molecule has 0 radical (unpaired) electrons. The molecule has 254 valence electrons. The summed E-state index contributed by atoms with van der Waals surface area (Å²) in [7, 11) is -2.75. The highest BCUT2D eigenvalue weighted by molar-refractivity contribution is 7.93. The normalized spacial score (nSPS) is 21.0. The number of benzene rings is 2. The molecule has 4 bridgehead atoms. The third kappa shape index (κ3) is 6.04. The van der Waals surface area contributed by atoms with Gasteiger partial charge in [-0.25, -0.2) is 13.1 Å². The first-order valence-corrected chi connectivity index (χ1v) is 17.5. The fraction of sp³-hybridized carbons (Fsp3) is 0.469. The van der Waals surface area contributed by atoms with Crippen molar-refractivity contribution in [3.63, 3.8) is 0 Å². The number of ether oxygens (including phenoxy) is 4. The molecule has 4 aromatic rings. The lowest BCUT2D eigenvalue weighted by molar-refractivity contribution is -0.387. The van der Waals surface area contributed by atoms with Gasteiger partial charge in [0.2, 0.25) is 0 Å². The van der Waals surface area contributed by atoms with Gasteiger partial charge in [-0.3, -0.25) is 14.4 Å². The molecule has 2 fully saturated rings. The second kappa shape index (κ2) is 13.3. The van der Waals surface area contributed by atoms with Gasteiger partial charge < -0.3 is 23.8 Å². The fourth-order valence-electron chi connectivity index (χ4n) is 6.35. The van der Waals surface area contributed by atoms with Gasteiger partial charge in [-0.05, 0) is 56.9 Å². The maximum Gasteiger partial charge on any atom is 0.319 e. The predicted octanol–water partition coefficient (Wildman–Crippen LogP) is 4.32. The fourth-order valence-corrected chi connectivity index (χ4v) is 8.19. The van der Waals surface area contributed by atoms with E-state index >= 15 is 0 Å². The Balaban J connectivity index is 1.43. The van der Waals surface area contributed by atoms with Crippen LogP contribution in [-0.2, 0) is 24.2 Å². The summed E-state index contributed by atoms with van der Waals surface area (Å²) in [4.78, 5) is 22.4. The van der Waals surface area contributed by atoms with Crippen molar-refractivity contribution >= 4 is 38.1 Å². The molecule has 3 aliphatic rings. The number of fused-ring (bicyclic) bond motifs is 4. The van der Waals surface area contributed by atoms with Crippen molar-refractivity contribution in [1.82, 2.24) is 19.7 Å². The largest absolute Gasteiger partial charge is 0.461 e. The second-order valence-corrected chi connectivity index (χ2v) is 13.9. The van der Waals surface area contributed by atoms with Crippen molar-refractivity contribution in [2.24, 2.45) is 0 Å². The number of aromatic nitrogens is 4. The number of anilines is 2. The van der Waals surface area contributed by atoms with Gasteiger partial charge in [-0.15, -0.1) is 0 Å². The van der Waals surface area contributed by atoms with Gasteiger partial charge in [0.05, 0.1) is 28.8 Å². The number of para-hydroxylation sites is 1. The van der Waals surface area contributed by atoms with Crippen molar-refractivity contribution in [1.29, 1.82) is 0 Å². The molecule has 15 nitrogen and oxygen atoms in total. The number of nitro benzene ring substituents is 1. The van der Waals surface area contributed by atoms with Crippen LogP contribution in [0.3, 0.4) is 0 Å². The SMILES string of the molecule is COC1CN(c2cc3nc(n2)OCCOCC[C@H](C)N(S(=O)(=O)c2ccccc2[N+](=O)[O-])c2ccc4c(c2)c-3nn4C2CCCCO2)C1. The Bertz CT molecular complexity index is 1920. The molecule has 0 amide bonds. The molecule has 48 heavy (non-hydrogen) atoms. The number of methoxy groups -OCH3 is 1. The van der Waals surface area contributed by atoms with E-state index in [1.54, 1.807) is 26.2 Å². The lowest BCUT2D eigenvalue weighted by Crippen LogP contribution is -2.52. The molecule has 0 spiro atoms. The van der Waals surface area contributed by atoms with Crippen LogP contribution in [0.25, 0.3) is 22.3 Å². The molecule has 16 heteroatoms. The van der Waals surface area contributed by atoms with Crippen molar-refractivity contribution in [3.8, 4) is 17.4 Å². The summed E-state index contributed by atoms with van der Waals surface area (Å²) in [5.74, 6) is 0.649. The molecular formula is C32H37N7O8S. The predicted molar refractivity (Wildman–Crippen MR) is 176 cm³/mol. The summed E-state index contributed by atoms with van der Waals surface area (Å²) in [5, 5.41) is 17.6. The highest BCUT2D eigenvalue weighted by Crippen LogP contribution is 2.39. The zero-order chi connectivity index (χ0) is 33.4. The van der Waals surface area contributed by atoms with E-state index in [-0.39, 0.29) is 38.2 Å². The molecule has 3 aliphatic heterocycles. The molecule has 5 heterocycles. The molecule has 2 aromatic carbocycles. The standard InChI is InChI=1S/C32H37N7O8S/c1-21-12-14-45-15-16-47-32-33-25(18-29(34-32)36-19-23(20-36)44-2)31-24-17-22(10-11-26(24)37(35-31)30-9-5-6-13-46-30)38(21)48(42,43)28-8-4-3-7-27(28)39(40)41/h3-4,7-8,10-11,17-18,21,23,30H,5-6,9,12-16,19-20H2,1-2H3/t21-,30?/m0/s1. The number of hydrogen-bond acceptors (Lipinski definition) is 12. The van der Waals surface area contributed by atoms with Gasteiger partial charge in [0.25, 0.3) is 15.7 Å². The minimum absolute atomic E-state index is 0.0872. The Labute approximate surface area is 277 Å². The topological polar surface area (TPSA) is 164 Å². The average molecular weight is 680 g/mol. The molecule has 0 N–H and O–H groups in total. The Morgan fingerprint density at radius 2 is 1.83 bits per heavy atom. The van der Waals surface area contributed by atoms with Crippen molar-refractivity contribution in [3.05, 3.63) is 58.6 Å². The zero-order valence-corrected chi connectivity index (χ0v) is 27.5. The summed E-state index contributed by atoms with van der Waals surface area (Å²) >= 11 is 0. The van der Waals surface area contributed by atoms with Gasteiger partial charge in [0.15, 0.2) is 11.1 Å². The van der Waals surface area contributed by atoms with Crippen LogP contribution < -0.4 is 13.9 Å². The highest BCUT2D eigenvalue weighted by Gasteiger charge is 2.36. The van der Waals surface area contributed by atoms with Crippen LogP contribution in [0.4, 0.5) is 17.2 Å². The summed E-state index contributed by atoms with van der Waals surface area (Å²) in [6.07, 6.45) is 2.79. The van der Waals surface area contributed by atoms with E-state index in [1.807, 2.05) is 16.8 Å². The minimum Gasteiger partial charge on any atom is -0.461 e. The monoisotopic (exact) mass is 679 g/mol. The summed E-state index contributed by atoms with van der Waals surface area (Å²) in [6, 6.07) is 12.1. The van der Waals surface area contributed by atoms with E-state index in [0.29, 0.717) is 54.4 Å². The number of rotatable bonds is 6. The highest BCUT2D eigenvalue weighted by atomic mass is 32.2. The van der Waals surface area contributed by atoms with Gasteiger partial charge >= 0.3 is 6.01 Å². The molecule has 1 unspecified atom stereocenters. The van der Waals surface area contributed by atoms with Crippen LogP contribution in [-0.4, -0.2) is 91.9 Å². The lowest BCUT2D eigenvalue weighted by atomic mass is 10.1. The van der Waals surface area contributed by atoms with Crippen molar-refractivity contribution in [2.75, 3.05) is 55.8 Å². The van der Waals surface area contributed by atoms with Crippen LogP contribution in [0.15, 0.2) is 53.4 Å². The Kier molecular flexibility index (Phi) is 8.89. The molecule has 2 atom stereocenters. The Hall–Kier alpha value is -4.38. The second-order valence-electron chi connectivity index (χ2n) is 12.1. The van der Waals surface area contributed by atoms with E-state index in [1.165, 1.54) is 28.6 Å². The Morgan fingerprint density at radius 1 is 1.00 bits per heavy atom. The first-order chi connectivity index (χ1) is 23.2. The van der Waals surface area contributed by atoms with Gasteiger partial charge in [0.1, 0.15) is 23.8 Å². The third-order valence-corrected chi connectivity index (χ3v) is 10.9. The number of hydrogen-bond donors (Lipinski definition) is 0. The van der Waals surface area contributed by atoms with Crippen LogP contribution in [0.1, 0.15) is 38.8 Å². The van der Waals surface area contributed by atoms with Crippen LogP contribution >= 0.6 is 0 Å². The number of nitro groups is 1. The lowest BCUT2D eigenvalue weighted by Gasteiger charge is -2.39. The molecular weight excluding hydrogens is 642 g/mol. The van der Waals surface area contributed by atoms with Crippen LogP contribution in [0.2, 0.25) is 0 Å². The van der Waals surface area contributed by atoms with Crippen LogP contribution in [0, 0.1) is 10.1 Å². The summed E-state index contributed by atoms with van der Waals surface area (Å²) in [5.41, 5.74) is 1.55. The quantitative estimate of drug-likeness (QED) is 0.210. The summed E-state index contributed by atoms with van der Waals surface area (Å²) in [6.45, 7) is 4.28. The first kappa shape index (κ1) is 32.2. The van der Waals surface area contributed by atoms with E-state index < -0.39 is 31.6 Å². The van der Waals surface area contributed by atoms with E-state index in [2.05, 4.69) is 9.88 Å². The average Bonchev–Trinajstić information content (AvgIpc) is 3.45. The van der Waals surface area contributed by atoms with Crippen molar-refractivity contribution in [2.45, 2.75) is 55.9 Å². The summed E-state index contributed by atoms with van der Waals surface area (Å²) < 4.78 is 55.4. The number of sulfonamides is 1. The zero-order valence-electron chi connectivity index (χ0n) is 26.7. The van der Waals surface area contributed by atoms with E-state index in [0.717, 1.165) is 24.8 Å². The maximum absolute atomic E-state index is 14.4. The smallest absolute Gasteiger partial charge is 0.319 e.